The van der Waals surface area contributed by atoms with Crippen LogP contribution in [0.25, 0.3) is 0 Å². The van der Waals surface area contributed by atoms with Gasteiger partial charge in [-0.1, -0.05) is 6.42 Å². The molecule has 6 nitrogen and oxygen atoms in total. The molecule has 1 amide bonds. The highest BCUT2D eigenvalue weighted by atomic mass is 32.2. The quantitative estimate of drug-likeness (QED) is 0.809. The molecule has 1 saturated heterocycles. The van der Waals surface area contributed by atoms with E-state index >= 15 is 0 Å². The first-order chi connectivity index (χ1) is 7.77. The van der Waals surface area contributed by atoms with E-state index in [1.54, 1.807) is 0 Å². The van der Waals surface area contributed by atoms with Crippen LogP contribution in [0.5, 0.6) is 0 Å². The Labute approximate surface area is 97.3 Å². The third kappa shape index (κ3) is 2.66. The number of nitrogen functional groups attached to an aromatic ring is 1. The number of rotatable bonds is 3. The van der Waals surface area contributed by atoms with E-state index in [4.69, 9.17) is 5.73 Å². The van der Waals surface area contributed by atoms with Gasteiger partial charge in [0.25, 0.3) is 5.91 Å². The first kappa shape index (κ1) is 11.3. The second-order valence-electron chi connectivity index (χ2n) is 3.70. The first-order valence-corrected chi connectivity index (χ1v) is 6.30. The number of aromatic nitrogens is 2. The second-order valence-corrected chi connectivity index (χ2v) is 5.10. The average Bonchev–Trinajstić information content (AvgIpc) is 2.74. The smallest absolute Gasteiger partial charge is 0.277 e. The van der Waals surface area contributed by atoms with Crippen molar-refractivity contribution in [3.8, 4) is 0 Å². The molecule has 1 aliphatic rings. The number of amides is 1. The third-order valence-electron chi connectivity index (χ3n) is 2.49. The summed E-state index contributed by atoms with van der Waals surface area (Å²) < 4.78 is 4.37. The van der Waals surface area contributed by atoms with Crippen LogP contribution in [0.15, 0.2) is 4.63 Å². The summed E-state index contributed by atoms with van der Waals surface area (Å²) in [7, 11) is 0. The molecule has 0 spiro atoms. The molecule has 7 heteroatoms. The maximum atomic E-state index is 11.6. The lowest BCUT2D eigenvalue weighted by atomic mass is 10.2. The summed E-state index contributed by atoms with van der Waals surface area (Å²) in [4.78, 5) is 11.6. The standard InChI is InChI=1S/C9H14N4O2S/c10-8-7(12-15-13-8)9(14)11-5-6-3-1-2-4-16-6/h6H,1-5H2,(H2,10,13)(H,11,14). The molecule has 1 unspecified atom stereocenters. The molecule has 1 atom stereocenters. The molecule has 0 radical (unpaired) electrons. The van der Waals surface area contributed by atoms with E-state index in [-0.39, 0.29) is 17.4 Å². The van der Waals surface area contributed by atoms with Crippen LogP contribution in [0, 0.1) is 0 Å². The summed E-state index contributed by atoms with van der Waals surface area (Å²) in [6.07, 6.45) is 3.66. The monoisotopic (exact) mass is 242 g/mol. The third-order valence-corrected chi connectivity index (χ3v) is 3.89. The molecule has 1 fully saturated rings. The molecule has 2 heterocycles. The summed E-state index contributed by atoms with van der Waals surface area (Å²) in [6, 6.07) is 0. The van der Waals surface area contributed by atoms with E-state index in [1.165, 1.54) is 18.6 Å². The van der Waals surface area contributed by atoms with Crippen molar-refractivity contribution in [1.29, 1.82) is 0 Å². The summed E-state index contributed by atoms with van der Waals surface area (Å²) >= 11 is 1.90. The Bertz CT molecular complexity index is 362. The number of hydrogen-bond donors (Lipinski definition) is 2. The van der Waals surface area contributed by atoms with Crippen molar-refractivity contribution in [2.75, 3.05) is 18.0 Å². The average molecular weight is 242 g/mol. The number of nitrogens with one attached hydrogen (secondary N) is 1. The van der Waals surface area contributed by atoms with Crippen molar-refractivity contribution in [2.45, 2.75) is 24.5 Å². The minimum absolute atomic E-state index is 0.0359. The molecule has 1 aromatic rings. The molecular formula is C9H14N4O2S. The van der Waals surface area contributed by atoms with Crippen molar-refractivity contribution in [1.82, 2.24) is 15.6 Å². The largest absolute Gasteiger partial charge is 0.379 e. The number of nitrogens with zero attached hydrogens (tertiary/aromatic N) is 2. The van der Waals surface area contributed by atoms with E-state index in [2.05, 4.69) is 20.3 Å². The summed E-state index contributed by atoms with van der Waals surface area (Å²) in [6.45, 7) is 0.649. The van der Waals surface area contributed by atoms with Crippen molar-refractivity contribution < 1.29 is 9.42 Å². The minimum Gasteiger partial charge on any atom is -0.379 e. The molecule has 0 aliphatic carbocycles. The van der Waals surface area contributed by atoms with Gasteiger partial charge in [-0.2, -0.15) is 11.8 Å². The van der Waals surface area contributed by atoms with Crippen LogP contribution in [0.3, 0.4) is 0 Å². The van der Waals surface area contributed by atoms with E-state index in [0.29, 0.717) is 11.8 Å². The number of thioether (sulfide) groups is 1. The topological polar surface area (TPSA) is 94.0 Å². The van der Waals surface area contributed by atoms with Gasteiger partial charge in [0, 0.05) is 11.8 Å². The zero-order valence-corrected chi connectivity index (χ0v) is 9.63. The van der Waals surface area contributed by atoms with E-state index < -0.39 is 0 Å². The van der Waals surface area contributed by atoms with E-state index in [1.807, 2.05) is 11.8 Å². The Morgan fingerprint density at radius 3 is 3.06 bits per heavy atom. The van der Waals surface area contributed by atoms with Gasteiger partial charge in [-0.25, -0.2) is 4.63 Å². The predicted octanol–water partition coefficient (Wildman–Crippen LogP) is 0.667. The summed E-state index contributed by atoms with van der Waals surface area (Å²) in [5.74, 6) is 0.896. The minimum atomic E-state index is -0.315. The van der Waals surface area contributed by atoms with Crippen LogP contribution in [0.4, 0.5) is 5.82 Å². The zero-order chi connectivity index (χ0) is 11.4. The SMILES string of the molecule is Nc1nonc1C(=O)NCC1CCCCS1. The van der Waals surface area contributed by atoms with Gasteiger partial charge in [-0.15, -0.1) is 0 Å². The highest BCUT2D eigenvalue weighted by molar-refractivity contribution is 7.99. The number of hydrogen-bond acceptors (Lipinski definition) is 6. The maximum Gasteiger partial charge on any atom is 0.277 e. The zero-order valence-electron chi connectivity index (χ0n) is 8.81. The lowest BCUT2D eigenvalue weighted by Crippen LogP contribution is -2.32. The first-order valence-electron chi connectivity index (χ1n) is 5.25. The fourth-order valence-electron chi connectivity index (χ4n) is 1.61. The van der Waals surface area contributed by atoms with Gasteiger partial charge in [0.15, 0.2) is 0 Å². The molecule has 1 aliphatic heterocycles. The van der Waals surface area contributed by atoms with Crippen LogP contribution < -0.4 is 11.1 Å². The van der Waals surface area contributed by atoms with Crippen LogP contribution in [0.2, 0.25) is 0 Å². The van der Waals surface area contributed by atoms with Gasteiger partial charge in [-0.3, -0.25) is 4.79 Å². The number of nitrogens with two attached hydrogens (primary N) is 1. The van der Waals surface area contributed by atoms with Crippen LogP contribution in [-0.4, -0.2) is 33.8 Å². The molecule has 0 aromatic carbocycles. The van der Waals surface area contributed by atoms with E-state index in [0.717, 1.165) is 6.42 Å². The molecule has 2 rings (SSSR count). The van der Waals surface area contributed by atoms with Crippen LogP contribution in [0.1, 0.15) is 29.8 Å². The van der Waals surface area contributed by atoms with Gasteiger partial charge in [-0.05, 0) is 28.9 Å². The molecule has 3 N–H and O–H groups in total. The molecule has 16 heavy (non-hydrogen) atoms. The highest BCUT2D eigenvalue weighted by Crippen LogP contribution is 2.24. The number of carbonyl (C=O) groups is 1. The van der Waals surface area contributed by atoms with Crippen molar-refractivity contribution >= 4 is 23.5 Å². The maximum absolute atomic E-state index is 11.6. The molecule has 88 valence electrons. The van der Waals surface area contributed by atoms with Crippen molar-refractivity contribution in [3.05, 3.63) is 5.69 Å². The Hall–Kier alpha value is -1.24. The van der Waals surface area contributed by atoms with Gasteiger partial charge in [0.2, 0.25) is 11.5 Å². The predicted molar refractivity (Wildman–Crippen MR) is 61.1 cm³/mol. The molecular weight excluding hydrogens is 228 g/mol. The lowest BCUT2D eigenvalue weighted by molar-refractivity contribution is 0.0944. The van der Waals surface area contributed by atoms with Gasteiger partial charge in [0.05, 0.1) is 0 Å². The number of anilines is 1. The van der Waals surface area contributed by atoms with Gasteiger partial charge >= 0.3 is 0 Å². The van der Waals surface area contributed by atoms with Crippen molar-refractivity contribution in [2.24, 2.45) is 0 Å². The Kier molecular flexibility index (Phi) is 3.66. The van der Waals surface area contributed by atoms with Crippen LogP contribution >= 0.6 is 11.8 Å². The normalized spacial score (nSPS) is 20.6. The highest BCUT2D eigenvalue weighted by Gasteiger charge is 2.19. The van der Waals surface area contributed by atoms with Gasteiger partial charge in [0.1, 0.15) is 0 Å². The lowest BCUT2D eigenvalue weighted by Gasteiger charge is -2.21. The van der Waals surface area contributed by atoms with E-state index in [9.17, 15) is 4.79 Å². The summed E-state index contributed by atoms with van der Waals surface area (Å²) in [5, 5.41) is 10.1. The Morgan fingerprint density at radius 2 is 2.44 bits per heavy atom. The Balaban J connectivity index is 1.81. The van der Waals surface area contributed by atoms with Crippen molar-refractivity contribution in [3.63, 3.8) is 0 Å². The fraction of sp³-hybridized carbons (Fsp3) is 0.667. The van der Waals surface area contributed by atoms with Crippen LogP contribution in [-0.2, 0) is 0 Å². The molecule has 0 bridgehead atoms. The van der Waals surface area contributed by atoms with Gasteiger partial charge < -0.3 is 11.1 Å². The Morgan fingerprint density at radius 1 is 1.56 bits per heavy atom. The fourth-order valence-corrected chi connectivity index (χ4v) is 2.85. The molecule has 0 saturated carbocycles. The molecule has 1 aromatic heterocycles. The second kappa shape index (κ2) is 5.20. The number of carbonyl (C=O) groups excluding carboxylic acids is 1. The summed E-state index contributed by atoms with van der Waals surface area (Å²) in [5.41, 5.74) is 5.49.